The van der Waals surface area contributed by atoms with Crippen molar-refractivity contribution in [2.45, 2.75) is 77.8 Å². The second-order valence-corrected chi connectivity index (χ2v) is 5.55. The molecule has 2 atom stereocenters. The molecule has 0 saturated carbocycles. The Morgan fingerprint density at radius 1 is 0.765 bits per heavy atom. The summed E-state index contributed by atoms with van der Waals surface area (Å²) >= 11 is 0. The van der Waals surface area contributed by atoms with Gasteiger partial charge in [-0.15, -0.1) is 23.4 Å². The minimum atomic E-state index is -1.04. The van der Waals surface area contributed by atoms with Crippen molar-refractivity contribution in [1.29, 1.82) is 0 Å². The van der Waals surface area contributed by atoms with Crippen molar-refractivity contribution in [2.75, 3.05) is 0 Å². The second-order valence-electron chi connectivity index (χ2n) is 5.55. The van der Waals surface area contributed by atoms with E-state index in [4.69, 9.17) is 0 Å². The molecule has 0 aliphatic heterocycles. The molecule has 100 valence electrons. The molecular weight excluding hydrogens is 256 g/mol. The number of rotatable bonds is 4. The van der Waals surface area contributed by atoms with Crippen molar-refractivity contribution < 1.29 is 42.1 Å². The molecule has 0 spiro atoms. The molecule has 0 aromatic rings. The largest absolute Gasteiger partial charge is 4.00 e. The molecule has 0 amide bonds. The van der Waals surface area contributed by atoms with E-state index >= 15 is 0 Å². The van der Waals surface area contributed by atoms with Crippen LogP contribution in [0.25, 0.3) is 0 Å². The van der Waals surface area contributed by atoms with Gasteiger partial charge < -0.3 is 20.4 Å². The van der Waals surface area contributed by atoms with E-state index < -0.39 is 23.4 Å². The van der Waals surface area contributed by atoms with Gasteiger partial charge in [-0.2, -0.15) is 0 Å². The second kappa shape index (κ2) is 9.48. The summed E-state index contributed by atoms with van der Waals surface area (Å²) in [6.07, 6.45) is -1.01. The van der Waals surface area contributed by atoms with E-state index in [0.717, 1.165) is 0 Å². The standard InChI is InChI=1S/2C6H12O2.Ti/c2*1-5(7)4-6(2,3)8;/h2*5H,4H2,1-3H3;/q2*-2;+4. The maximum absolute atomic E-state index is 10.7. The summed E-state index contributed by atoms with van der Waals surface area (Å²) in [7, 11) is 0. The SMILES string of the molecule is CC([O-])CC(C)(C)[O-].CC([O-])CC(C)(C)[O-].[Ti+4]. The monoisotopic (exact) mass is 280 g/mol. The van der Waals surface area contributed by atoms with Crippen LogP contribution in [0.4, 0.5) is 0 Å². The van der Waals surface area contributed by atoms with Crippen LogP contribution in [0.5, 0.6) is 0 Å². The van der Waals surface area contributed by atoms with Crippen LogP contribution in [0, 0.1) is 0 Å². The first-order valence-electron chi connectivity index (χ1n) is 5.56. The van der Waals surface area contributed by atoms with Crippen molar-refractivity contribution in [1.82, 2.24) is 0 Å². The van der Waals surface area contributed by atoms with Crippen LogP contribution in [-0.2, 0) is 21.7 Å². The molecule has 0 saturated heterocycles. The van der Waals surface area contributed by atoms with E-state index in [-0.39, 0.29) is 34.6 Å². The van der Waals surface area contributed by atoms with Gasteiger partial charge in [0.15, 0.2) is 0 Å². The van der Waals surface area contributed by atoms with Crippen molar-refractivity contribution in [2.24, 2.45) is 0 Å². The summed E-state index contributed by atoms with van der Waals surface area (Å²) in [5, 5.41) is 42.1. The van der Waals surface area contributed by atoms with Gasteiger partial charge in [0.05, 0.1) is 0 Å². The summed E-state index contributed by atoms with van der Waals surface area (Å²) in [5.74, 6) is 0. The van der Waals surface area contributed by atoms with Crippen LogP contribution >= 0.6 is 0 Å². The zero-order valence-corrected chi connectivity index (χ0v) is 13.3. The molecule has 2 unspecified atom stereocenters. The molecule has 4 nitrogen and oxygen atoms in total. The van der Waals surface area contributed by atoms with Crippen LogP contribution < -0.4 is 20.4 Å². The first kappa shape index (κ1) is 22.7. The molecule has 17 heavy (non-hydrogen) atoms. The minimum absolute atomic E-state index is 0. The molecule has 5 heteroatoms. The zero-order chi connectivity index (χ0) is 13.6. The Morgan fingerprint density at radius 3 is 0.941 bits per heavy atom. The van der Waals surface area contributed by atoms with Gasteiger partial charge in [0, 0.05) is 0 Å². The molecule has 0 fully saturated rings. The van der Waals surface area contributed by atoms with E-state index in [9.17, 15) is 20.4 Å². The van der Waals surface area contributed by atoms with E-state index in [1.165, 1.54) is 41.5 Å². The predicted molar refractivity (Wildman–Crippen MR) is 56.3 cm³/mol. The molecule has 0 rings (SSSR count). The fourth-order valence-electron chi connectivity index (χ4n) is 1.38. The van der Waals surface area contributed by atoms with Gasteiger partial charge in [-0.05, 0) is 0 Å². The fourth-order valence-corrected chi connectivity index (χ4v) is 1.38. The van der Waals surface area contributed by atoms with Gasteiger partial charge in [-0.25, -0.2) is 0 Å². The Bertz CT molecular complexity index is 148. The van der Waals surface area contributed by atoms with Crippen LogP contribution in [0.2, 0.25) is 0 Å². The molecule has 0 heterocycles. The van der Waals surface area contributed by atoms with Crippen molar-refractivity contribution in [3.63, 3.8) is 0 Å². The molecule has 0 aromatic carbocycles. The molecule has 0 aliphatic carbocycles. The van der Waals surface area contributed by atoms with Gasteiger partial charge in [0.1, 0.15) is 0 Å². The minimum Gasteiger partial charge on any atom is -0.852 e. The fraction of sp³-hybridized carbons (Fsp3) is 1.00. The molecule has 0 aliphatic rings. The Hall–Kier alpha value is 0.554. The van der Waals surface area contributed by atoms with Gasteiger partial charge >= 0.3 is 21.7 Å². The average molecular weight is 280 g/mol. The molecule has 0 N–H and O–H groups in total. The molecular formula is C12H24O4Ti. The third-order valence-corrected chi connectivity index (χ3v) is 1.56. The molecule has 0 radical (unpaired) electrons. The quantitative estimate of drug-likeness (QED) is 0.587. The Morgan fingerprint density at radius 2 is 0.941 bits per heavy atom. The molecule has 0 bridgehead atoms. The first-order chi connectivity index (χ1) is 6.83. The summed E-state index contributed by atoms with van der Waals surface area (Å²) in [5.41, 5.74) is -2.08. The predicted octanol–water partition coefficient (Wildman–Crippen LogP) is -1.47. The number of hydrogen-bond acceptors (Lipinski definition) is 4. The Labute approximate surface area is 120 Å². The molecule has 0 aromatic heterocycles. The Kier molecular flexibility index (Phi) is 12.7. The topological polar surface area (TPSA) is 92.2 Å². The smallest absolute Gasteiger partial charge is 0.852 e. The Balaban J connectivity index is -0.000000218. The van der Waals surface area contributed by atoms with Crippen LogP contribution in [0.3, 0.4) is 0 Å². The van der Waals surface area contributed by atoms with Crippen molar-refractivity contribution in [3.05, 3.63) is 0 Å². The maximum atomic E-state index is 10.7. The van der Waals surface area contributed by atoms with Crippen LogP contribution in [-0.4, -0.2) is 23.4 Å². The van der Waals surface area contributed by atoms with Crippen LogP contribution in [0.15, 0.2) is 0 Å². The zero-order valence-electron chi connectivity index (χ0n) is 11.7. The third-order valence-electron chi connectivity index (χ3n) is 1.56. The van der Waals surface area contributed by atoms with Gasteiger partial charge in [0.2, 0.25) is 0 Å². The maximum Gasteiger partial charge on any atom is 4.00 e. The van der Waals surface area contributed by atoms with E-state index in [2.05, 4.69) is 0 Å². The van der Waals surface area contributed by atoms with Gasteiger partial charge in [-0.1, -0.05) is 54.4 Å². The normalized spacial score (nSPS) is 15.2. The number of hydrogen-bond donors (Lipinski definition) is 0. The summed E-state index contributed by atoms with van der Waals surface area (Å²) < 4.78 is 0. The van der Waals surface area contributed by atoms with Crippen molar-refractivity contribution in [3.8, 4) is 0 Å². The van der Waals surface area contributed by atoms with E-state index in [1.807, 2.05) is 0 Å². The average Bonchev–Trinajstić information content (AvgIpc) is 1.72. The summed E-state index contributed by atoms with van der Waals surface area (Å²) in [4.78, 5) is 0. The summed E-state index contributed by atoms with van der Waals surface area (Å²) in [6.45, 7) is 9.14. The third kappa shape index (κ3) is 31.5. The van der Waals surface area contributed by atoms with Gasteiger partial charge in [0.25, 0.3) is 0 Å². The first-order valence-corrected chi connectivity index (χ1v) is 5.56. The van der Waals surface area contributed by atoms with E-state index in [0.29, 0.717) is 0 Å². The van der Waals surface area contributed by atoms with E-state index in [1.54, 1.807) is 0 Å². The van der Waals surface area contributed by atoms with Gasteiger partial charge in [-0.3, -0.25) is 0 Å². The summed E-state index contributed by atoms with van der Waals surface area (Å²) in [6, 6.07) is 0. The van der Waals surface area contributed by atoms with Crippen molar-refractivity contribution >= 4 is 0 Å². The van der Waals surface area contributed by atoms with Crippen LogP contribution in [0.1, 0.15) is 54.4 Å².